The zero-order chi connectivity index (χ0) is 18.5. The van der Waals surface area contributed by atoms with Crippen LogP contribution in [0.1, 0.15) is 48.5 Å². The van der Waals surface area contributed by atoms with E-state index >= 15 is 0 Å². The highest BCUT2D eigenvalue weighted by molar-refractivity contribution is 5.97. The van der Waals surface area contributed by atoms with Crippen LogP contribution in [0.2, 0.25) is 0 Å². The number of carbonyl (C=O) groups excluding carboxylic acids is 2. The fourth-order valence-corrected chi connectivity index (χ4v) is 3.81. The van der Waals surface area contributed by atoms with Crippen LogP contribution in [-0.2, 0) is 4.74 Å². The van der Waals surface area contributed by atoms with Gasteiger partial charge in [-0.25, -0.2) is 4.79 Å². The Kier molecular flexibility index (Phi) is 6.14. The molecule has 2 fully saturated rings. The van der Waals surface area contributed by atoms with Crippen molar-refractivity contribution >= 4 is 17.6 Å². The van der Waals surface area contributed by atoms with Gasteiger partial charge in [0.05, 0.1) is 12.7 Å². The SMILES string of the molecule is Cc1cc(C(=O)NCCOC2CCCCC2C)ccc1N1CCNC1=O. The molecule has 1 saturated carbocycles. The van der Waals surface area contributed by atoms with E-state index in [1.807, 2.05) is 19.1 Å². The first-order valence-corrected chi connectivity index (χ1v) is 9.62. The Morgan fingerprint density at radius 1 is 1.35 bits per heavy atom. The predicted molar refractivity (Wildman–Crippen MR) is 102 cm³/mol. The van der Waals surface area contributed by atoms with Crippen LogP contribution >= 0.6 is 0 Å². The van der Waals surface area contributed by atoms with Crippen molar-refractivity contribution in [3.63, 3.8) is 0 Å². The lowest BCUT2D eigenvalue weighted by Crippen LogP contribution is -2.32. The molecule has 3 rings (SSSR count). The summed E-state index contributed by atoms with van der Waals surface area (Å²) in [5.74, 6) is 0.503. The van der Waals surface area contributed by atoms with E-state index in [0.29, 0.717) is 43.8 Å². The van der Waals surface area contributed by atoms with Gasteiger partial charge in [0.2, 0.25) is 0 Å². The van der Waals surface area contributed by atoms with Crippen molar-refractivity contribution in [2.45, 2.75) is 45.6 Å². The summed E-state index contributed by atoms with van der Waals surface area (Å²) >= 11 is 0. The van der Waals surface area contributed by atoms with Crippen molar-refractivity contribution < 1.29 is 14.3 Å². The Bertz CT molecular complexity index is 662. The van der Waals surface area contributed by atoms with Crippen LogP contribution < -0.4 is 15.5 Å². The van der Waals surface area contributed by atoms with E-state index in [4.69, 9.17) is 4.74 Å². The Morgan fingerprint density at radius 3 is 2.85 bits per heavy atom. The fourth-order valence-electron chi connectivity index (χ4n) is 3.81. The smallest absolute Gasteiger partial charge is 0.322 e. The van der Waals surface area contributed by atoms with Crippen molar-refractivity contribution in [3.8, 4) is 0 Å². The number of hydrogen-bond acceptors (Lipinski definition) is 3. The van der Waals surface area contributed by atoms with Gasteiger partial charge in [0.1, 0.15) is 0 Å². The third-order valence-corrected chi connectivity index (χ3v) is 5.36. The number of anilines is 1. The summed E-state index contributed by atoms with van der Waals surface area (Å²) < 4.78 is 5.94. The standard InChI is InChI=1S/C20H29N3O3/c1-14-5-3-4-6-18(14)26-12-10-21-19(24)16-7-8-17(15(2)13-16)23-11-9-22-20(23)25/h7-8,13-14,18H,3-6,9-12H2,1-2H3,(H,21,24)(H,22,25). The molecule has 0 radical (unpaired) electrons. The number of ether oxygens (including phenoxy) is 1. The highest BCUT2D eigenvalue weighted by Crippen LogP contribution is 2.26. The largest absolute Gasteiger partial charge is 0.376 e. The Morgan fingerprint density at radius 2 is 2.15 bits per heavy atom. The van der Waals surface area contributed by atoms with Crippen molar-refractivity contribution in [2.24, 2.45) is 5.92 Å². The minimum absolute atomic E-state index is 0.0839. The summed E-state index contributed by atoms with van der Waals surface area (Å²) in [7, 11) is 0. The van der Waals surface area contributed by atoms with Gasteiger partial charge in [0.15, 0.2) is 0 Å². The maximum atomic E-state index is 12.3. The molecule has 0 spiro atoms. The highest BCUT2D eigenvalue weighted by atomic mass is 16.5. The number of hydrogen-bond donors (Lipinski definition) is 2. The number of rotatable bonds is 6. The lowest BCUT2D eigenvalue weighted by Gasteiger charge is -2.28. The number of nitrogens with one attached hydrogen (secondary N) is 2. The van der Waals surface area contributed by atoms with E-state index in [1.54, 1.807) is 11.0 Å². The average Bonchev–Trinajstić information content (AvgIpc) is 3.05. The quantitative estimate of drug-likeness (QED) is 0.767. The summed E-state index contributed by atoms with van der Waals surface area (Å²) in [4.78, 5) is 25.8. The zero-order valence-corrected chi connectivity index (χ0v) is 15.7. The first kappa shape index (κ1) is 18.7. The van der Waals surface area contributed by atoms with Crippen LogP contribution in [0.5, 0.6) is 0 Å². The second-order valence-corrected chi connectivity index (χ2v) is 7.31. The number of urea groups is 1. The van der Waals surface area contributed by atoms with Crippen molar-refractivity contribution in [1.29, 1.82) is 0 Å². The third-order valence-electron chi connectivity index (χ3n) is 5.36. The van der Waals surface area contributed by atoms with Crippen LogP contribution in [0.3, 0.4) is 0 Å². The van der Waals surface area contributed by atoms with Crippen molar-refractivity contribution in [1.82, 2.24) is 10.6 Å². The highest BCUT2D eigenvalue weighted by Gasteiger charge is 2.23. The van der Waals surface area contributed by atoms with Crippen LogP contribution in [0.25, 0.3) is 0 Å². The molecular formula is C20H29N3O3. The molecule has 0 aromatic heterocycles. The summed E-state index contributed by atoms with van der Waals surface area (Å²) in [6.07, 6.45) is 5.22. The van der Waals surface area contributed by atoms with Gasteiger partial charge in [-0.1, -0.05) is 19.8 Å². The molecule has 2 N–H and O–H groups in total. The van der Waals surface area contributed by atoms with Crippen LogP contribution in [0.15, 0.2) is 18.2 Å². The normalized spacial score (nSPS) is 23.0. The van der Waals surface area contributed by atoms with Gasteiger partial charge < -0.3 is 15.4 Å². The van der Waals surface area contributed by atoms with E-state index < -0.39 is 0 Å². The van der Waals surface area contributed by atoms with Crippen LogP contribution in [0, 0.1) is 12.8 Å². The van der Waals surface area contributed by atoms with E-state index in [1.165, 1.54) is 19.3 Å². The predicted octanol–water partition coefficient (Wildman–Crippen LogP) is 2.85. The summed E-state index contributed by atoms with van der Waals surface area (Å²) in [5.41, 5.74) is 2.38. The van der Waals surface area contributed by atoms with Gasteiger partial charge in [-0.3, -0.25) is 9.69 Å². The Labute approximate surface area is 155 Å². The number of nitrogens with zero attached hydrogens (tertiary/aromatic N) is 1. The molecule has 6 heteroatoms. The fraction of sp³-hybridized carbons (Fsp3) is 0.600. The molecule has 1 aromatic carbocycles. The monoisotopic (exact) mass is 359 g/mol. The van der Waals surface area contributed by atoms with Gasteiger partial charge in [-0.2, -0.15) is 0 Å². The molecule has 0 bridgehead atoms. The summed E-state index contributed by atoms with van der Waals surface area (Å²) in [6, 6.07) is 5.36. The van der Waals surface area contributed by atoms with E-state index in [-0.39, 0.29) is 11.9 Å². The molecule has 3 amide bonds. The molecule has 2 aliphatic rings. The van der Waals surface area contributed by atoms with Gasteiger partial charge in [-0.05, 0) is 49.4 Å². The maximum Gasteiger partial charge on any atom is 0.322 e. The van der Waals surface area contributed by atoms with Gasteiger partial charge in [0, 0.05) is 30.9 Å². The lowest BCUT2D eigenvalue weighted by atomic mass is 9.88. The number of amides is 3. The molecule has 1 aliphatic heterocycles. The van der Waals surface area contributed by atoms with Gasteiger partial charge >= 0.3 is 6.03 Å². The minimum atomic E-state index is -0.106. The number of benzene rings is 1. The molecule has 6 nitrogen and oxygen atoms in total. The first-order valence-electron chi connectivity index (χ1n) is 9.62. The third kappa shape index (κ3) is 4.36. The molecular weight excluding hydrogens is 330 g/mol. The first-order chi connectivity index (χ1) is 12.6. The zero-order valence-electron chi connectivity index (χ0n) is 15.7. The summed E-state index contributed by atoms with van der Waals surface area (Å²) in [6.45, 7) is 6.53. The second kappa shape index (κ2) is 8.54. The molecule has 1 saturated heterocycles. The molecule has 1 heterocycles. The van der Waals surface area contributed by atoms with E-state index in [0.717, 1.165) is 17.7 Å². The van der Waals surface area contributed by atoms with Crippen LogP contribution in [-0.4, -0.2) is 44.3 Å². The Hall–Kier alpha value is -2.08. The minimum Gasteiger partial charge on any atom is -0.376 e. The molecule has 1 aromatic rings. The topological polar surface area (TPSA) is 70.7 Å². The molecule has 2 atom stereocenters. The van der Waals surface area contributed by atoms with Gasteiger partial charge in [-0.15, -0.1) is 0 Å². The molecule has 142 valence electrons. The molecule has 2 unspecified atom stereocenters. The summed E-state index contributed by atoms with van der Waals surface area (Å²) in [5, 5.41) is 5.71. The second-order valence-electron chi connectivity index (χ2n) is 7.31. The Balaban J connectivity index is 1.48. The van der Waals surface area contributed by atoms with Gasteiger partial charge in [0.25, 0.3) is 5.91 Å². The van der Waals surface area contributed by atoms with Crippen LogP contribution in [0.4, 0.5) is 10.5 Å². The molecule has 26 heavy (non-hydrogen) atoms. The lowest BCUT2D eigenvalue weighted by molar-refractivity contribution is -0.00293. The maximum absolute atomic E-state index is 12.3. The molecule has 1 aliphatic carbocycles. The van der Waals surface area contributed by atoms with E-state index in [2.05, 4.69) is 17.6 Å². The average molecular weight is 359 g/mol. The van der Waals surface area contributed by atoms with E-state index in [9.17, 15) is 9.59 Å². The van der Waals surface area contributed by atoms with Crippen molar-refractivity contribution in [3.05, 3.63) is 29.3 Å². The van der Waals surface area contributed by atoms with Crippen molar-refractivity contribution in [2.75, 3.05) is 31.1 Å². The number of carbonyl (C=O) groups is 2. The number of aryl methyl sites for hydroxylation is 1.